The van der Waals surface area contributed by atoms with Gasteiger partial charge in [0.1, 0.15) is 11.8 Å². The molecule has 3 rings (SSSR count). The Morgan fingerprint density at radius 1 is 1.19 bits per heavy atom. The fourth-order valence-corrected chi connectivity index (χ4v) is 3.07. The molecule has 1 saturated heterocycles. The SMILES string of the molecule is COc1ccc(NC(=O)C2CCCN2C(=O)c2ccccc2)cc1N.Cl. The van der Waals surface area contributed by atoms with Crippen molar-refractivity contribution in [3.8, 4) is 5.75 Å². The standard InChI is InChI=1S/C19H21N3O3.ClH/c1-25-17-10-9-14(12-15(17)20)21-18(23)16-8-5-11-22(16)19(24)13-6-3-2-4-7-13;/h2-4,6-7,9-10,12,16H,5,8,11,20H2,1H3,(H,21,23);1H. The fraction of sp³-hybridized carbons (Fsp3) is 0.263. The van der Waals surface area contributed by atoms with Gasteiger partial charge in [0, 0.05) is 17.8 Å². The molecule has 0 radical (unpaired) electrons. The summed E-state index contributed by atoms with van der Waals surface area (Å²) in [6.07, 6.45) is 1.46. The Kier molecular flexibility index (Phi) is 6.46. The summed E-state index contributed by atoms with van der Waals surface area (Å²) in [5, 5.41) is 2.84. The Morgan fingerprint density at radius 3 is 2.58 bits per heavy atom. The first kappa shape index (κ1) is 19.6. The third-order valence-corrected chi connectivity index (χ3v) is 4.33. The molecule has 0 bridgehead atoms. The van der Waals surface area contributed by atoms with Gasteiger partial charge in [-0.05, 0) is 43.2 Å². The molecule has 1 aliphatic heterocycles. The molecule has 1 heterocycles. The maximum Gasteiger partial charge on any atom is 0.254 e. The molecule has 1 fully saturated rings. The summed E-state index contributed by atoms with van der Waals surface area (Å²) in [5.41, 5.74) is 7.50. The van der Waals surface area contributed by atoms with E-state index in [0.717, 1.165) is 6.42 Å². The molecular weight excluding hydrogens is 354 g/mol. The number of likely N-dealkylation sites (tertiary alicyclic amines) is 1. The molecule has 2 aromatic carbocycles. The highest BCUT2D eigenvalue weighted by molar-refractivity contribution is 6.01. The summed E-state index contributed by atoms with van der Waals surface area (Å²) in [6.45, 7) is 0.580. The van der Waals surface area contributed by atoms with Gasteiger partial charge in [0.25, 0.3) is 5.91 Å². The molecule has 7 heteroatoms. The minimum atomic E-state index is -0.476. The van der Waals surface area contributed by atoms with Crippen LogP contribution in [0.5, 0.6) is 5.75 Å². The van der Waals surface area contributed by atoms with Crippen LogP contribution in [0.2, 0.25) is 0 Å². The van der Waals surface area contributed by atoms with Crippen LogP contribution in [0, 0.1) is 0 Å². The van der Waals surface area contributed by atoms with E-state index < -0.39 is 6.04 Å². The van der Waals surface area contributed by atoms with Crippen molar-refractivity contribution in [1.82, 2.24) is 4.90 Å². The van der Waals surface area contributed by atoms with Gasteiger partial charge >= 0.3 is 0 Å². The average Bonchev–Trinajstić information content (AvgIpc) is 3.12. The number of anilines is 2. The molecule has 2 amide bonds. The lowest BCUT2D eigenvalue weighted by molar-refractivity contribution is -0.119. The summed E-state index contributed by atoms with van der Waals surface area (Å²) in [7, 11) is 1.54. The predicted molar refractivity (Wildman–Crippen MR) is 104 cm³/mol. The van der Waals surface area contributed by atoms with Gasteiger partial charge in [-0.25, -0.2) is 0 Å². The van der Waals surface area contributed by atoms with Crippen LogP contribution in [0.15, 0.2) is 48.5 Å². The van der Waals surface area contributed by atoms with Gasteiger partial charge in [0.05, 0.1) is 12.8 Å². The lowest BCUT2D eigenvalue weighted by Gasteiger charge is -2.24. The molecule has 0 aromatic heterocycles. The number of carbonyl (C=O) groups is 2. The highest BCUT2D eigenvalue weighted by Crippen LogP contribution is 2.26. The molecule has 0 aliphatic carbocycles. The molecule has 3 N–H and O–H groups in total. The minimum absolute atomic E-state index is 0. The number of hydrogen-bond acceptors (Lipinski definition) is 4. The van der Waals surface area contributed by atoms with Crippen LogP contribution in [0.3, 0.4) is 0 Å². The van der Waals surface area contributed by atoms with Crippen LogP contribution in [-0.2, 0) is 4.79 Å². The van der Waals surface area contributed by atoms with E-state index in [1.54, 1.807) is 35.2 Å². The summed E-state index contributed by atoms with van der Waals surface area (Å²) in [6, 6.07) is 13.6. The van der Waals surface area contributed by atoms with E-state index in [9.17, 15) is 9.59 Å². The van der Waals surface area contributed by atoms with E-state index in [1.807, 2.05) is 18.2 Å². The van der Waals surface area contributed by atoms with Crippen molar-refractivity contribution < 1.29 is 14.3 Å². The van der Waals surface area contributed by atoms with Crippen LogP contribution in [0.25, 0.3) is 0 Å². The van der Waals surface area contributed by atoms with Gasteiger partial charge < -0.3 is 20.7 Å². The number of nitrogens with two attached hydrogens (primary N) is 1. The molecule has 1 aliphatic rings. The zero-order chi connectivity index (χ0) is 17.8. The van der Waals surface area contributed by atoms with E-state index >= 15 is 0 Å². The van der Waals surface area contributed by atoms with Crippen molar-refractivity contribution in [2.24, 2.45) is 0 Å². The summed E-state index contributed by atoms with van der Waals surface area (Å²) in [4.78, 5) is 26.9. The number of benzene rings is 2. The first-order valence-electron chi connectivity index (χ1n) is 8.20. The lowest BCUT2D eigenvalue weighted by atomic mass is 10.1. The lowest BCUT2D eigenvalue weighted by Crippen LogP contribution is -2.43. The molecule has 0 saturated carbocycles. The summed E-state index contributed by atoms with van der Waals surface area (Å²) >= 11 is 0. The Balaban J connectivity index is 0.00000243. The van der Waals surface area contributed by atoms with E-state index in [4.69, 9.17) is 10.5 Å². The number of nitrogens with one attached hydrogen (secondary N) is 1. The van der Waals surface area contributed by atoms with E-state index in [2.05, 4.69) is 5.32 Å². The largest absolute Gasteiger partial charge is 0.495 e. The Hall–Kier alpha value is -2.73. The molecule has 1 unspecified atom stereocenters. The predicted octanol–water partition coefficient (Wildman–Crippen LogP) is 2.94. The monoisotopic (exact) mass is 375 g/mol. The van der Waals surface area contributed by atoms with Crippen LogP contribution in [0.1, 0.15) is 23.2 Å². The minimum Gasteiger partial charge on any atom is -0.495 e. The highest BCUT2D eigenvalue weighted by atomic mass is 35.5. The zero-order valence-electron chi connectivity index (χ0n) is 14.5. The number of methoxy groups -OCH3 is 1. The van der Waals surface area contributed by atoms with Crippen molar-refractivity contribution in [3.05, 3.63) is 54.1 Å². The average molecular weight is 376 g/mol. The first-order valence-corrected chi connectivity index (χ1v) is 8.20. The van der Waals surface area contributed by atoms with Crippen LogP contribution in [-0.4, -0.2) is 36.4 Å². The smallest absolute Gasteiger partial charge is 0.254 e. The number of amides is 2. The van der Waals surface area contributed by atoms with Gasteiger partial charge in [-0.2, -0.15) is 0 Å². The molecule has 6 nitrogen and oxygen atoms in total. The van der Waals surface area contributed by atoms with Gasteiger partial charge in [-0.1, -0.05) is 18.2 Å². The second-order valence-electron chi connectivity index (χ2n) is 5.97. The maximum absolute atomic E-state index is 12.7. The van der Waals surface area contributed by atoms with Gasteiger partial charge in [0.2, 0.25) is 5.91 Å². The highest BCUT2D eigenvalue weighted by Gasteiger charge is 2.34. The third kappa shape index (κ3) is 4.08. The zero-order valence-corrected chi connectivity index (χ0v) is 15.3. The van der Waals surface area contributed by atoms with Crippen LogP contribution < -0.4 is 15.8 Å². The van der Waals surface area contributed by atoms with Crippen molar-refractivity contribution in [2.45, 2.75) is 18.9 Å². The topological polar surface area (TPSA) is 84.7 Å². The number of halogens is 1. The molecule has 138 valence electrons. The van der Waals surface area contributed by atoms with Crippen molar-refractivity contribution in [1.29, 1.82) is 0 Å². The molecular formula is C19H22ClN3O3. The number of nitrogens with zero attached hydrogens (tertiary/aromatic N) is 1. The van der Waals surface area contributed by atoms with Crippen LogP contribution in [0.4, 0.5) is 11.4 Å². The number of hydrogen-bond donors (Lipinski definition) is 2. The number of rotatable bonds is 4. The van der Waals surface area contributed by atoms with Gasteiger partial charge in [0.15, 0.2) is 0 Å². The molecule has 0 spiro atoms. The second-order valence-corrected chi connectivity index (χ2v) is 5.97. The Morgan fingerprint density at radius 2 is 1.92 bits per heavy atom. The Labute approximate surface area is 158 Å². The Bertz CT molecular complexity index is 783. The quantitative estimate of drug-likeness (QED) is 0.804. The van der Waals surface area contributed by atoms with Gasteiger partial charge in [-0.3, -0.25) is 9.59 Å². The van der Waals surface area contributed by atoms with E-state index in [0.29, 0.717) is 35.7 Å². The second kappa shape index (κ2) is 8.58. The number of carbonyl (C=O) groups excluding carboxylic acids is 2. The van der Waals surface area contributed by atoms with Crippen molar-refractivity contribution >= 4 is 35.6 Å². The number of nitrogen functional groups attached to an aromatic ring is 1. The van der Waals surface area contributed by atoms with Gasteiger partial charge in [-0.15, -0.1) is 12.4 Å². The normalized spacial score (nSPS) is 15.9. The first-order chi connectivity index (χ1) is 12.1. The molecule has 26 heavy (non-hydrogen) atoms. The maximum atomic E-state index is 12.7. The molecule has 1 atom stereocenters. The number of ether oxygens (including phenoxy) is 1. The van der Waals surface area contributed by atoms with Crippen molar-refractivity contribution in [3.63, 3.8) is 0 Å². The summed E-state index contributed by atoms with van der Waals surface area (Å²) < 4.78 is 5.11. The molecule has 2 aromatic rings. The van der Waals surface area contributed by atoms with Crippen LogP contribution >= 0.6 is 12.4 Å². The van der Waals surface area contributed by atoms with E-state index in [1.165, 1.54) is 7.11 Å². The third-order valence-electron chi connectivity index (χ3n) is 4.33. The fourth-order valence-electron chi connectivity index (χ4n) is 3.07. The summed E-state index contributed by atoms with van der Waals surface area (Å²) in [5.74, 6) is 0.235. The van der Waals surface area contributed by atoms with E-state index in [-0.39, 0.29) is 24.2 Å². The van der Waals surface area contributed by atoms with Crippen molar-refractivity contribution in [2.75, 3.05) is 24.7 Å².